The van der Waals surface area contributed by atoms with Crippen LogP contribution in [0.25, 0.3) is 33.8 Å². The van der Waals surface area contributed by atoms with Gasteiger partial charge in [-0.25, -0.2) is 0 Å². The first-order valence-electron chi connectivity index (χ1n) is 11.9. The number of carbonyl (C=O) groups is 1. The van der Waals surface area contributed by atoms with Gasteiger partial charge in [-0.1, -0.05) is 18.2 Å². The predicted molar refractivity (Wildman–Crippen MR) is 138 cm³/mol. The number of carbonyl (C=O) groups excluding carboxylic acids is 1. The van der Waals surface area contributed by atoms with Crippen LogP contribution < -0.4 is 5.32 Å². The number of likely N-dealkylation sites (N-methyl/N-ethyl adjacent to an activating group) is 1. The molecule has 4 aromatic rings. The summed E-state index contributed by atoms with van der Waals surface area (Å²) in [7, 11) is 2.14. The summed E-state index contributed by atoms with van der Waals surface area (Å²) >= 11 is 0. The van der Waals surface area contributed by atoms with E-state index in [2.05, 4.69) is 42.3 Å². The van der Waals surface area contributed by atoms with Crippen LogP contribution in [0.2, 0.25) is 0 Å². The van der Waals surface area contributed by atoms with E-state index in [1.54, 1.807) is 12.4 Å². The molecule has 178 valence electrons. The number of pyridine rings is 2. The Bertz CT molecular complexity index is 1260. The number of piperazine rings is 1. The molecule has 2 N–H and O–H groups in total. The molecule has 1 amide bonds. The molecule has 1 aliphatic heterocycles. The van der Waals surface area contributed by atoms with Crippen LogP contribution in [0.1, 0.15) is 6.42 Å². The average Bonchev–Trinajstić information content (AvgIpc) is 3.40. The van der Waals surface area contributed by atoms with Gasteiger partial charge in [0.1, 0.15) is 5.69 Å². The van der Waals surface area contributed by atoms with Crippen LogP contribution >= 0.6 is 0 Å². The second kappa shape index (κ2) is 10.6. The van der Waals surface area contributed by atoms with Crippen LogP contribution in [0, 0.1) is 0 Å². The number of rotatable bonds is 7. The van der Waals surface area contributed by atoms with Crippen LogP contribution in [0.15, 0.2) is 73.2 Å². The summed E-state index contributed by atoms with van der Waals surface area (Å²) in [6, 6.07) is 17.6. The molecule has 0 bridgehead atoms. The fourth-order valence-electron chi connectivity index (χ4n) is 4.24. The molecule has 1 fully saturated rings. The first-order valence-corrected chi connectivity index (χ1v) is 11.9. The summed E-state index contributed by atoms with van der Waals surface area (Å²) in [5, 5.41) is 10.4. The minimum atomic E-state index is 0.0406. The van der Waals surface area contributed by atoms with E-state index < -0.39 is 0 Å². The highest BCUT2D eigenvalue weighted by atomic mass is 16.1. The van der Waals surface area contributed by atoms with Gasteiger partial charge in [0.05, 0.1) is 11.4 Å². The molecule has 8 nitrogen and oxygen atoms in total. The number of amides is 1. The minimum absolute atomic E-state index is 0.0406. The van der Waals surface area contributed by atoms with Gasteiger partial charge >= 0.3 is 0 Å². The van der Waals surface area contributed by atoms with Gasteiger partial charge in [-0.3, -0.25) is 19.9 Å². The first kappa shape index (κ1) is 22.9. The van der Waals surface area contributed by atoms with Crippen molar-refractivity contribution in [1.29, 1.82) is 0 Å². The Morgan fingerprint density at radius 1 is 0.943 bits per heavy atom. The maximum Gasteiger partial charge on any atom is 0.225 e. The molecule has 3 aromatic heterocycles. The molecule has 0 radical (unpaired) electrons. The number of hydrogen-bond donors (Lipinski definition) is 2. The molecule has 0 spiro atoms. The quantitative estimate of drug-likeness (QED) is 0.430. The number of H-pyrrole nitrogens is 1. The fraction of sp³-hybridized carbons (Fsp3) is 0.259. The lowest BCUT2D eigenvalue weighted by atomic mass is 10.0. The number of aromatic nitrogens is 4. The summed E-state index contributed by atoms with van der Waals surface area (Å²) in [6.45, 7) is 4.95. The molecule has 1 aliphatic rings. The highest BCUT2D eigenvalue weighted by molar-refractivity contribution is 5.91. The summed E-state index contributed by atoms with van der Waals surface area (Å²) in [5.41, 5.74) is 6.21. The predicted octanol–water partition coefficient (Wildman–Crippen LogP) is 3.78. The minimum Gasteiger partial charge on any atom is -0.326 e. The van der Waals surface area contributed by atoms with Crippen molar-refractivity contribution in [2.75, 3.05) is 45.1 Å². The van der Waals surface area contributed by atoms with E-state index in [0.717, 1.165) is 72.2 Å². The third kappa shape index (κ3) is 5.62. The third-order valence-corrected chi connectivity index (χ3v) is 6.33. The maximum atomic E-state index is 12.4. The largest absolute Gasteiger partial charge is 0.326 e. The van der Waals surface area contributed by atoms with Crippen molar-refractivity contribution in [2.24, 2.45) is 0 Å². The Labute approximate surface area is 205 Å². The van der Waals surface area contributed by atoms with Crippen LogP contribution in [-0.2, 0) is 4.79 Å². The lowest BCUT2D eigenvalue weighted by Gasteiger charge is -2.32. The second-order valence-electron chi connectivity index (χ2n) is 8.81. The van der Waals surface area contributed by atoms with Crippen LogP contribution in [0.4, 0.5) is 5.69 Å². The molecule has 0 saturated carbocycles. The second-order valence-corrected chi connectivity index (χ2v) is 8.81. The average molecular weight is 468 g/mol. The molecule has 0 atom stereocenters. The van der Waals surface area contributed by atoms with E-state index in [4.69, 9.17) is 0 Å². The van der Waals surface area contributed by atoms with Crippen LogP contribution in [0.5, 0.6) is 0 Å². The van der Waals surface area contributed by atoms with Gasteiger partial charge in [0, 0.05) is 74.5 Å². The van der Waals surface area contributed by atoms with Gasteiger partial charge in [0.15, 0.2) is 0 Å². The Morgan fingerprint density at radius 3 is 2.51 bits per heavy atom. The number of nitrogens with one attached hydrogen (secondary N) is 2. The topological polar surface area (TPSA) is 90.0 Å². The van der Waals surface area contributed by atoms with E-state index in [0.29, 0.717) is 6.42 Å². The molecule has 0 aliphatic carbocycles. The van der Waals surface area contributed by atoms with Crippen molar-refractivity contribution < 1.29 is 4.79 Å². The molecular formula is C27H29N7O. The number of hydrogen-bond acceptors (Lipinski definition) is 6. The van der Waals surface area contributed by atoms with E-state index in [-0.39, 0.29) is 5.91 Å². The highest BCUT2D eigenvalue weighted by Gasteiger charge is 2.15. The zero-order valence-electron chi connectivity index (χ0n) is 19.8. The number of benzene rings is 1. The maximum absolute atomic E-state index is 12.4. The summed E-state index contributed by atoms with van der Waals surface area (Å²) in [6.07, 6.45) is 5.94. The van der Waals surface area contributed by atoms with Crippen molar-refractivity contribution in [2.45, 2.75) is 6.42 Å². The lowest BCUT2D eigenvalue weighted by molar-refractivity contribution is -0.116. The molecule has 5 rings (SSSR count). The lowest BCUT2D eigenvalue weighted by Crippen LogP contribution is -2.45. The standard InChI is InChI=1S/C27H29N7O/c1-33-14-16-34(17-15-33)13-10-26(35)31-22-7-5-20(6-8-22)25-18-21(9-12-29-25)23-19-30-32-27(23)24-4-2-3-11-28-24/h2-9,11-12,18-19H,10,13-17H2,1H3,(H,30,32)(H,31,35). The number of aromatic amines is 1. The highest BCUT2D eigenvalue weighted by Crippen LogP contribution is 2.31. The van der Waals surface area contributed by atoms with E-state index in [1.165, 1.54) is 0 Å². The van der Waals surface area contributed by atoms with E-state index >= 15 is 0 Å². The Kier molecular flexibility index (Phi) is 6.92. The van der Waals surface area contributed by atoms with Crippen molar-refractivity contribution in [3.63, 3.8) is 0 Å². The van der Waals surface area contributed by atoms with Gasteiger partial charge in [-0.15, -0.1) is 0 Å². The third-order valence-electron chi connectivity index (χ3n) is 6.33. The first-order chi connectivity index (χ1) is 17.2. The fourth-order valence-corrected chi connectivity index (χ4v) is 4.24. The molecular weight excluding hydrogens is 438 g/mol. The Balaban J connectivity index is 1.24. The summed E-state index contributed by atoms with van der Waals surface area (Å²) < 4.78 is 0. The number of nitrogens with zero attached hydrogens (tertiary/aromatic N) is 5. The summed E-state index contributed by atoms with van der Waals surface area (Å²) in [4.78, 5) is 26.1. The zero-order chi connectivity index (χ0) is 24.0. The molecule has 1 saturated heterocycles. The van der Waals surface area contributed by atoms with Gasteiger partial charge in [-0.2, -0.15) is 5.10 Å². The summed E-state index contributed by atoms with van der Waals surface area (Å²) in [5.74, 6) is 0.0406. The molecule has 8 heteroatoms. The van der Waals surface area contributed by atoms with Crippen molar-refractivity contribution in [3.8, 4) is 33.8 Å². The van der Waals surface area contributed by atoms with Crippen LogP contribution in [-0.4, -0.2) is 75.6 Å². The van der Waals surface area contributed by atoms with Gasteiger partial charge in [0.2, 0.25) is 5.91 Å². The van der Waals surface area contributed by atoms with E-state index in [1.807, 2.05) is 60.8 Å². The Hall–Kier alpha value is -3.88. The molecule has 35 heavy (non-hydrogen) atoms. The zero-order valence-corrected chi connectivity index (χ0v) is 19.8. The normalized spacial score (nSPS) is 14.7. The van der Waals surface area contributed by atoms with Crippen molar-refractivity contribution in [1.82, 2.24) is 30.0 Å². The van der Waals surface area contributed by atoms with Gasteiger partial charge in [-0.05, 0) is 49.0 Å². The van der Waals surface area contributed by atoms with Crippen molar-refractivity contribution in [3.05, 3.63) is 73.2 Å². The van der Waals surface area contributed by atoms with Crippen molar-refractivity contribution >= 4 is 11.6 Å². The smallest absolute Gasteiger partial charge is 0.225 e. The van der Waals surface area contributed by atoms with Gasteiger partial charge < -0.3 is 15.1 Å². The number of anilines is 1. The van der Waals surface area contributed by atoms with Crippen LogP contribution in [0.3, 0.4) is 0 Å². The van der Waals surface area contributed by atoms with Gasteiger partial charge in [0.25, 0.3) is 0 Å². The molecule has 4 heterocycles. The monoisotopic (exact) mass is 467 g/mol. The molecule has 1 aromatic carbocycles. The molecule has 0 unspecified atom stereocenters. The van der Waals surface area contributed by atoms with E-state index in [9.17, 15) is 4.79 Å². The SMILES string of the molecule is CN1CCN(CCC(=O)Nc2ccc(-c3cc(-c4c[nH]nc4-c4ccccn4)ccn3)cc2)CC1. The Morgan fingerprint density at radius 2 is 1.74 bits per heavy atom.